The van der Waals surface area contributed by atoms with Crippen LogP contribution in [0.3, 0.4) is 0 Å². The standard InChI is InChI=1S/C16H17Cl2NOS/c17-13-7-6-12(9-14(13)18)21-10-16(20)15(19)8-11-4-2-1-3-5-11/h1-7,9,15-16,20H,8,10,19H2. The zero-order valence-electron chi connectivity index (χ0n) is 11.4. The van der Waals surface area contributed by atoms with Gasteiger partial charge in [-0.15, -0.1) is 11.8 Å². The van der Waals surface area contributed by atoms with Crippen molar-refractivity contribution in [2.45, 2.75) is 23.5 Å². The van der Waals surface area contributed by atoms with E-state index < -0.39 is 6.10 Å². The average molecular weight is 342 g/mol. The Morgan fingerprint density at radius 3 is 2.43 bits per heavy atom. The number of thioether (sulfide) groups is 1. The number of hydrogen-bond donors (Lipinski definition) is 2. The molecule has 2 aromatic carbocycles. The lowest BCUT2D eigenvalue weighted by Crippen LogP contribution is -2.38. The number of nitrogens with two attached hydrogens (primary N) is 1. The van der Waals surface area contributed by atoms with Crippen LogP contribution in [-0.4, -0.2) is 23.0 Å². The molecule has 0 saturated heterocycles. The zero-order valence-corrected chi connectivity index (χ0v) is 13.7. The van der Waals surface area contributed by atoms with E-state index in [9.17, 15) is 5.11 Å². The summed E-state index contributed by atoms with van der Waals surface area (Å²) in [6.45, 7) is 0. The van der Waals surface area contributed by atoms with Gasteiger partial charge in [-0.1, -0.05) is 53.5 Å². The minimum Gasteiger partial charge on any atom is -0.391 e. The Bertz CT molecular complexity index is 580. The van der Waals surface area contributed by atoms with E-state index in [1.807, 2.05) is 36.4 Å². The largest absolute Gasteiger partial charge is 0.391 e. The highest BCUT2D eigenvalue weighted by Gasteiger charge is 2.15. The maximum Gasteiger partial charge on any atom is 0.0788 e. The molecule has 2 atom stereocenters. The predicted molar refractivity (Wildman–Crippen MR) is 91.3 cm³/mol. The summed E-state index contributed by atoms with van der Waals surface area (Å²) in [5.41, 5.74) is 7.19. The molecule has 0 heterocycles. The van der Waals surface area contributed by atoms with E-state index in [2.05, 4.69) is 0 Å². The topological polar surface area (TPSA) is 46.2 Å². The van der Waals surface area contributed by atoms with Crippen LogP contribution in [0.1, 0.15) is 5.56 Å². The average Bonchev–Trinajstić information content (AvgIpc) is 2.49. The highest BCUT2D eigenvalue weighted by Crippen LogP contribution is 2.28. The van der Waals surface area contributed by atoms with E-state index >= 15 is 0 Å². The highest BCUT2D eigenvalue weighted by atomic mass is 35.5. The van der Waals surface area contributed by atoms with Crippen molar-refractivity contribution in [2.24, 2.45) is 5.73 Å². The highest BCUT2D eigenvalue weighted by molar-refractivity contribution is 7.99. The lowest BCUT2D eigenvalue weighted by Gasteiger charge is -2.18. The number of hydrogen-bond acceptors (Lipinski definition) is 3. The molecule has 3 N–H and O–H groups in total. The van der Waals surface area contributed by atoms with E-state index in [0.717, 1.165) is 10.5 Å². The van der Waals surface area contributed by atoms with Gasteiger partial charge >= 0.3 is 0 Å². The Morgan fingerprint density at radius 1 is 1.05 bits per heavy atom. The number of aliphatic hydroxyl groups excluding tert-OH is 1. The first-order valence-electron chi connectivity index (χ1n) is 6.61. The Kier molecular flexibility index (Phi) is 6.40. The number of aliphatic hydroxyl groups is 1. The van der Waals surface area contributed by atoms with Crippen molar-refractivity contribution in [3.63, 3.8) is 0 Å². The number of halogens is 2. The number of benzene rings is 2. The lowest BCUT2D eigenvalue weighted by molar-refractivity contribution is 0.167. The summed E-state index contributed by atoms with van der Waals surface area (Å²) in [5.74, 6) is 0.520. The molecule has 0 aliphatic rings. The minimum absolute atomic E-state index is 0.289. The van der Waals surface area contributed by atoms with E-state index in [1.54, 1.807) is 12.1 Å². The summed E-state index contributed by atoms with van der Waals surface area (Å²) >= 11 is 13.4. The van der Waals surface area contributed by atoms with E-state index in [-0.39, 0.29) is 6.04 Å². The van der Waals surface area contributed by atoms with Crippen LogP contribution >= 0.6 is 35.0 Å². The van der Waals surface area contributed by atoms with Gasteiger partial charge < -0.3 is 10.8 Å². The second-order valence-corrected chi connectivity index (χ2v) is 6.72. The maximum atomic E-state index is 10.2. The van der Waals surface area contributed by atoms with Crippen molar-refractivity contribution in [3.8, 4) is 0 Å². The van der Waals surface area contributed by atoms with Crippen LogP contribution < -0.4 is 5.73 Å². The van der Waals surface area contributed by atoms with Gasteiger partial charge in [0.25, 0.3) is 0 Å². The molecule has 2 unspecified atom stereocenters. The minimum atomic E-state index is -0.579. The molecule has 0 spiro atoms. The van der Waals surface area contributed by atoms with Gasteiger partial charge in [0, 0.05) is 16.7 Å². The summed E-state index contributed by atoms with van der Waals surface area (Å²) in [6.07, 6.45) is 0.0777. The monoisotopic (exact) mass is 341 g/mol. The lowest BCUT2D eigenvalue weighted by atomic mass is 10.0. The molecule has 21 heavy (non-hydrogen) atoms. The predicted octanol–water partition coefficient (Wildman–Crippen LogP) is 4.02. The molecule has 0 amide bonds. The fraction of sp³-hybridized carbons (Fsp3) is 0.250. The van der Waals surface area contributed by atoms with Crippen molar-refractivity contribution in [1.29, 1.82) is 0 Å². The van der Waals surface area contributed by atoms with Gasteiger partial charge in [0.15, 0.2) is 0 Å². The van der Waals surface area contributed by atoms with Crippen LogP contribution in [0.5, 0.6) is 0 Å². The van der Waals surface area contributed by atoms with Gasteiger partial charge in [-0.3, -0.25) is 0 Å². The van der Waals surface area contributed by atoms with E-state index in [0.29, 0.717) is 22.2 Å². The van der Waals surface area contributed by atoms with Gasteiger partial charge in [-0.25, -0.2) is 0 Å². The second kappa shape index (κ2) is 8.06. The third-order valence-electron chi connectivity index (χ3n) is 3.12. The SMILES string of the molecule is NC(Cc1ccccc1)C(O)CSc1ccc(Cl)c(Cl)c1. The van der Waals surface area contributed by atoms with Crippen LogP contribution in [0, 0.1) is 0 Å². The Balaban J connectivity index is 1.86. The summed E-state index contributed by atoms with van der Waals surface area (Å²) < 4.78 is 0. The van der Waals surface area contributed by atoms with Crippen molar-refractivity contribution in [3.05, 3.63) is 64.1 Å². The van der Waals surface area contributed by atoms with Gasteiger partial charge in [0.05, 0.1) is 16.1 Å². The molecule has 0 aliphatic heterocycles. The molecular formula is C16H17Cl2NOS. The molecular weight excluding hydrogens is 325 g/mol. The molecule has 0 aromatic heterocycles. The van der Waals surface area contributed by atoms with E-state index in [4.69, 9.17) is 28.9 Å². The van der Waals surface area contributed by atoms with E-state index in [1.165, 1.54) is 11.8 Å². The first-order chi connectivity index (χ1) is 10.1. The molecule has 0 aliphatic carbocycles. The van der Waals surface area contributed by atoms with Crippen molar-refractivity contribution < 1.29 is 5.11 Å². The summed E-state index contributed by atoms with van der Waals surface area (Å²) in [4.78, 5) is 0.968. The van der Waals surface area contributed by atoms with Gasteiger partial charge in [0.1, 0.15) is 0 Å². The van der Waals surface area contributed by atoms with Crippen LogP contribution in [0.4, 0.5) is 0 Å². The van der Waals surface area contributed by atoms with Gasteiger partial charge in [-0.05, 0) is 30.2 Å². The summed E-state index contributed by atoms with van der Waals surface area (Å²) in [7, 11) is 0. The van der Waals surface area contributed by atoms with Crippen molar-refractivity contribution in [2.75, 3.05) is 5.75 Å². The third kappa shape index (κ3) is 5.20. The third-order valence-corrected chi connectivity index (χ3v) is 4.95. The molecule has 5 heteroatoms. The summed E-state index contributed by atoms with van der Waals surface area (Å²) in [5, 5.41) is 11.2. The molecule has 0 saturated carbocycles. The number of rotatable bonds is 6. The van der Waals surface area contributed by atoms with Crippen molar-refractivity contribution >= 4 is 35.0 Å². The Labute approximate surface area is 139 Å². The fourth-order valence-corrected chi connectivity index (χ4v) is 3.23. The Morgan fingerprint density at radius 2 is 1.76 bits per heavy atom. The van der Waals surface area contributed by atoms with Crippen molar-refractivity contribution in [1.82, 2.24) is 0 Å². The normalized spacial score (nSPS) is 13.9. The van der Waals surface area contributed by atoms with Gasteiger partial charge in [-0.2, -0.15) is 0 Å². The first-order valence-corrected chi connectivity index (χ1v) is 8.36. The quantitative estimate of drug-likeness (QED) is 0.780. The van der Waals surface area contributed by atoms with Gasteiger partial charge in [0.2, 0.25) is 0 Å². The zero-order chi connectivity index (χ0) is 15.2. The Hall–Kier alpha value is -0.710. The van der Waals surface area contributed by atoms with Crippen LogP contribution in [0.15, 0.2) is 53.4 Å². The molecule has 2 aromatic rings. The summed E-state index contributed by atoms with van der Waals surface area (Å²) in [6, 6.07) is 15.1. The molecule has 2 rings (SSSR count). The molecule has 0 bridgehead atoms. The molecule has 0 fully saturated rings. The first kappa shape index (κ1) is 16.7. The van der Waals surface area contributed by atoms with Crippen LogP contribution in [-0.2, 0) is 6.42 Å². The maximum absolute atomic E-state index is 10.2. The van der Waals surface area contributed by atoms with Crippen LogP contribution in [0.2, 0.25) is 10.0 Å². The van der Waals surface area contributed by atoms with Crippen LogP contribution in [0.25, 0.3) is 0 Å². The molecule has 2 nitrogen and oxygen atoms in total. The fourth-order valence-electron chi connectivity index (χ4n) is 1.89. The molecule has 0 radical (unpaired) electrons. The second-order valence-electron chi connectivity index (χ2n) is 4.81. The smallest absolute Gasteiger partial charge is 0.0788 e. The molecule has 112 valence electrons.